The molecule has 0 spiro atoms. The summed E-state index contributed by atoms with van der Waals surface area (Å²) in [7, 11) is 1.58. The van der Waals surface area contributed by atoms with E-state index < -0.39 is 5.82 Å². The van der Waals surface area contributed by atoms with E-state index in [1.165, 1.54) is 18.2 Å². The number of hydrogen-bond acceptors (Lipinski definition) is 2. The molecule has 4 nitrogen and oxygen atoms in total. The van der Waals surface area contributed by atoms with E-state index >= 15 is 0 Å². The molecule has 1 aliphatic rings. The van der Waals surface area contributed by atoms with Gasteiger partial charge in [-0.05, 0) is 18.2 Å². The minimum atomic E-state index is -0.400. The highest BCUT2D eigenvalue weighted by Crippen LogP contribution is 2.27. The number of halogens is 2. The van der Waals surface area contributed by atoms with Crippen molar-refractivity contribution in [2.45, 2.75) is 6.10 Å². The Balaban J connectivity index is 1.90. The lowest BCUT2D eigenvalue weighted by Gasteiger charge is -2.38. The smallest absolute Gasteiger partial charge is 0.317 e. The molecular weight excluding hydrogens is 247 g/mol. The zero-order valence-electron chi connectivity index (χ0n) is 9.24. The van der Waals surface area contributed by atoms with E-state index in [1.54, 1.807) is 11.9 Å². The number of carbonyl (C=O) groups is 1. The Bertz CT molecular complexity index is 435. The number of ether oxygens (including phenoxy) is 1. The average Bonchev–Trinajstić information content (AvgIpc) is 2.24. The zero-order valence-corrected chi connectivity index (χ0v) is 10.00. The number of benzene rings is 1. The van der Waals surface area contributed by atoms with Crippen LogP contribution in [0.25, 0.3) is 0 Å². The molecule has 92 valence electrons. The highest BCUT2D eigenvalue weighted by Gasteiger charge is 2.32. The molecule has 17 heavy (non-hydrogen) atoms. The topological polar surface area (TPSA) is 41.6 Å². The number of carbonyl (C=O) groups excluding carboxylic acids is 1. The van der Waals surface area contributed by atoms with Gasteiger partial charge in [0.15, 0.2) is 0 Å². The molecule has 0 aromatic heterocycles. The SMILES string of the molecule is CNC(=O)N1CC(Oc2ccc(F)cc2Cl)C1. The maximum atomic E-state index is 12.8. The Hall–Kier alpha value is -1.49. The van der Waals surface area contributed by atoms with Gasteiger partial charge >= 0.3 is 6.03 Å². The van der Waals surface area contributed by atoms with Crippen molar-refractivity contribution in [2.24, 2.45) is 0 Å². The van der Waals surface area contributed by atoms with Crippen LogP contribution in [0.2, 0.25) is 5.02 Å². The number of urea groups is 1. The number of rotatable bonds is 2. The van der Waals surface area contributed by atoms with E-state index in [9.17, 15) is 9.18 Å². The van der Waals surface area contributed by atoms with Crippen LogP contribution >= 0.6 is 11.6 Å². The molecule has 0 saturated carbocycles. The summed E-state index contributed by atoms with van der Waals surface area (Å²) in [6.45, 7) is 1.01. The fourth-order valence-corrected chi connectivity index (χ4v) is 1.80. The van der Waals surface area contributed by atoms with Crippen LogP contribution in [0.3, 0.4) is 0 Å². The molecular formula is C11H12ClFN2O2. The largest absolute Gasteiger partial charge is 0.485 e. The quantitative estimate of drug-likeness (QED) is 0.880. The van der Waals surface area contributed by atoms with E-state index in [2.05, 4.69) is 5.32 Å². The normalized spacial score (nSPS) is 15.4. The van der Waals surface area contributed by atoms with Crippen molar-refractivity contribution in [1.29, 1.82) is 0 Å². The summed E-state index contributed by atoms with van der Waals surface area (Å²) in [5.41, 5.74) is 0. The molecule has 0 radical (unpaired) electrons. The maximum absolute atomic E-state index is 12.8. The predicted molar refractivity (Wildman–Crippen MR) is 61.9 cm³/mol. The van der Waals surface area contributed by atoms with Crippen molar-refractivity contribution in [2.75, 3.05) is 20.1 Å². The molecule has 0 unspecified atom stereocenters. The lowest BCUT2D eigenvalue weighted by molar-refractivity contribution is 0.0452. The second-order valence-corrected chi connectivity index (χ2v) is 4.18. The van der Waals surface area contributed by atoms with Crippen molar-refractivity contribution in [3.63, 3.8) is 0 Å². The standard InChI is InChI=1S/C11H12ClFN2O2/c1-14-11(16)15-5-8(6-15)17-10-3-2-7(13)4-9(10)12/h2-4,8H,5-6H2,1H3,(H,14,16). The van der Waals surface area contributed by atoms with Gasteiger partial charge in [-0.3, -0.25) is 0 Å². The van der Waals surface area contributed by atoms with Crippen molar-refractivity contribution >= 4 is 17.6 Å². The molecule has 1 N–H and O–H groups in total. The van der Waals surface area contributed by atoms with Crippen LogP contribution in [-0.4, -0.2) is 37.2 Å². The zero-order chi connectivity index (χ0) is 12.4. The molecule has 2 rings (SSSR count). The van der Waals surface area contributed by atoms with Gasteiger partial charge in [0.2, 0.25) is 0 Å². The van der Waals surface area contributed by atoms with Gasteiger partial charge in [-0.2, -0.15) is 0 Å². The van der Waals surface area contributed by atoms with Crippen LogP contribution in [0.4, 0.5) is 9.18 Å². The average molecular weight is 259 g/mol. The molecule has 6 heteroatoms. The second kappa shape index (κ2) is 4.79. The lowest BCUT2D eigenvalue weighted by atomic mass is 10.2. The van der Waals surface area contributed by atoms with Gasteiger partial charge in [0.05, 0.1) is 18.1 Å². The van der Waals surface area contributed by atoms with Crippen LogP contribution in [0.1, 0.15) is 0 Å². The summed E-state index contributed by atoms with van der Waals surface area (Å²) >= 11 is 5.82. The van der Waals surface area contributed by atoms with E-state index in [-0.39, 0.29) is 17.2 Å². The number of hydrogen-bond donors (Lipinski definition) is 1. The highest BCUT2D eigenvalue weighted by atomic mass is 35.5. The lowest BCUT2D eigenvalue weighted by Crippen LogP contribution is -2.58. The van der Waals surface area contributed by atoms with Gasteiger partial charge in [-0.25, -0.2) is 9.18 Å². The fourth-order valence-electron chi connectivity index (χ4n) is 1.59. The van der Waals surface area contributed by atoms with Gasteiger partial charge in [-0.15, -0.1) is 0 Å². The van der Waals surface area contributed by atoms with Crippen molar-refractivity contribution in [3.05, 3.63) is 29.0 Å². The fraction of sp³-hybridized carbons (Fsp3) is 0.364. The first-order valence-corrected chi connectivity index (χ1v) is 5.56. The van der Waals surface area contributed by atoms with Crippen LogP contribution in [0, 0.1) is 5.82 Å². The molecule has 1 heterocycles. The Labute approximate surface area is 103 Å². The molecule has 0 atom stereocenters. The van der Waals surface area contributed by atoms with Crippen LogP contribution in [-0.2, 0) is 0 Å². The monoisotopic (exact) mass is 258 g/mol. The second-order valence-electron chi connectivity index (χ2n) is 3.77. The number of amides is 2. The van der Waals surface area contributed by atoms with Crippen molar-refractivity contribution in [1.82, 2.24) is 10.2 Å². The summed E-state index contributed by atoms with van der Waals surface area (Å²) < 4.78 is 18.3. The highest BCUT2D eigenvalue weighted by molar-refractivity contribution is 6.32. The summed E-state index contributed by atoms with van der Waals surface area (Å²) in [6, 6.07) is 3.85. The van der Waals surface area contributed by atoms with E-state index in [0.29, 0.717) is 18.8 Å². The molecule has 1 saturated heterocycles. The summed E-state index contributed by atoms with van der Waals surface area (Å²) in [4.78, 5) is 12.8. The minimum Gasteiger partial charge on any atom is -0.485 e. The van der Waals surface area contributed by atoms with E-state index in [0.717, 1.165) is 0 Å². The van der Waals surface area contributed by atoms with Gasteiger partial charge in [0.1, 0.15) is 17.7 Å². The maximum Gasteiger partial charge on any atom is 0.317 e. The van der Waals surface area contributed by atoms with Gasteiger partial charge in [0.25, 0.3) is 0 Å². The van der Waals surface area contributed by atoms with Crippen molar-refractivity contribution in [3.8, 4) is 5.75 Å². The summed E-state index contributed by atoms with van der Waals surface area (Å²) in [5, 5.41) is 2.77. The Kier molecular flexibility index (Phi) is 3.38. The summed E-state index contributed by atoms with van der Waals surface area (Å²) in [6.07, 6.45) is -0.0877. The van der Waals surface area contributed by atoms with Crippen LogP contribution in [0.15, 0.2) is 18.2 Å². The molecule has 0 aliphatic carbocycles. The molecule has 1 aromatic rings. The first-order chi connectivity index (χ1) is 8.10. The van der Waals surface area contributed by atoms with E-state index in [4.69, 9.17) is 16.3 Å². The molecule has 0 bridgehead atoms. The molecule has 1 aliphatic heterocycles. The summed E-state index contributed by atoms with van der Waals surface area (Å²) in [5.74, 6) is 0.0394. The first kappa shape index (κ1) is 12.0. The Morgan fingerprint density at radius 2 is 2.29 bits per heavy atom. The number of likely N-dealkylation sites (tertiary alicyclic amines) is 1. The third-order valence-corrected chi connectivity index (χ3v) is 2.83. The Morgan fingerprint density at radius 1 is 1.59 bits per heavy atom. The predicted octanol–water partition coefficient (Wildman–Crippen LogP) is 1.88. The number of nitrogens with zero attached hydrogens (tertiary/aromatic N) is 1. The molecule has 2 amide bonds. The third-order valence-electron chi connectivity index (χ3n) is 2.54. The third kappa shape index (κ3) is 2.61. The van der Waals surface area contributed by atoms with Gasteiger partial charge < -0.3 is 15.0 Å². The number of nitrogens with one attached hydrogen (secondary N) is 1. The van der Waals surface area contributed by atoms with E-state index in [1.807, 2.05) is 0 Å². The van der Waals surface area contributed by atoms with Gasteiger partial charge in [0, 0.05) is 7.05 Å². The van der Waals surface area contributed by atoms with Crippen LogP contribution < -0.4 is 10.1 Å². The minimum absolute atomic E-state index is 0.0877. The van der Waals surface area contributed by atoms with Crippen LogP contribution in [0.5, 0.6) is 5.75 Å². The molecule has 1 fully saturated rings. The van der Waals surface area contributed by atoms with Crippen molar-refractivity contribution < 1.29 is 13.9 Å². The van der Waals surface area contributed by atoms with Gasteiger partial charge in [-0.1, -0.05) is 11.6 Å². The Morgan fingerprint density at radius 3 is 2.88 bits per heavy atom. The molecule has 1 aromatic carbocycles. The first-order valence-electron chi connectivity index (χ1n) is 5.18.